The average Bonchev–Trinajstić information content (AvgIpc) is 3.38. The first-order chi connectivity index (χ1) is 18.5. The van der Waals surface area contributed by atoms with E-state index < -0.39 is 5.97 Å². The summed E-state index contributed by atoms with van der Waals surface area (Å²) < 4.78 is 9.78. The van der Waals surface area contributed by atoms with Crippen LogP contribution in [-0.2, 0) is 7.05 Å². The number of aromatic nitrogens is 5. The molecule has 40 heavy (non-hydrogen) atoms. The van der Waals surface area contributed by atoms with Gasteiger partial charge in [0.15, 0.2) is 0 Å². The van der Waals surface area contributed by atoms with Gasteiger partial charge in [0.05, 0.1) is 35.3 Å². The van der Waals surface area contributed by atoms with Gasteiger partial charge in [-0.05, 0) is 67.5 Å². The second-order valence-corrected chi connectivity index (χ2v) is 10.7. The number of ether oxygens (including phenoxy) is 1. The van der Waals surface area contributed by atoms with Gasteiger partial charge >= 0.3 is 37.7 Å². The number of carboxylic acids is 1. The van der Waals surface area contributed by atoms with Crippen LogP contribution >= 0.6 is 0 Å². The molecular weight excluding hydrogens is 534 g/mol. The Morgan fingerprint density at radius 3 is 2.48 bits per heavy atom. The summed E-state index contributed by atoms with van der Waals surface area (Å²) in [6, 6.07) is 16.2. The first-order valence-electron chi connectivity index (χ1n) is 13.5. The normalized spacial score (nSPS) is 19.2. The maximum atomic E-state index is 12.0. The van der Waals surface area contributed by atoms with Crippen molar-refractivity contribution in [3.8, 4) is 22.6 Å². The zero-order valence-electron chi connectivity index (χ0n) is 22.9. The third-order valence-corrected chi connectivity index (χ3v) is 8.06. The first kappa shape index (κ1) is 30.2. The van der Waals surface area contributed by atoms with E-state index in [1.807, 2.05) is 43.6 Å². The third kappa shape index (κ3) is 6.28. The zero-order valence-corrected chi connectivity index (χ0v) is 25.1. The molecule has 204 valence electrons. The molecule has 1 unspecified atom stereocenters. The quantitative estimate of drug-likeness (QED) is 0.293. The standard InChI is InChI=1S/C30H33N5O3.Ca.H2O/c1-19(20-8-4-3-5-9-20)38-24-13-7-11-22(15-24)21-10-6-12-23(14-21)35-29(27(17-31-35)30(36)37)26-16-25(26)28-18-34(2)33-32-28;;/h6-7,10-15,17-20,25-26H,3-5,8-9,16H2,1-2H3,(H,36,37);;1H2/q;+2;/p-2/t19?,25-,26-;;/m1../s1. The van der Waals surface area contributed by atoms with Crippen molar-refractivity contribution in [2.75, 3.05) is 0 Å². The van der Waals surface area contributed by atoms with Gasteiger partial charge in [-0.3, -0.25) is 4.68 Å². The summed E-state index contributed by atoms with van der Waals surface area (Å²) >= 11 is 0. The number of benzene rings is 2. The van der Waals surface area contributed by atoms with Gasteiger partial charge in [-0.1, -0.05) is 48.7 Å². The molecule has 2 fully saturated rings. The molecular formula is C30H33CaN5O4. The molecule has 2 heterocycles. The summed E-state index contributed by atoms with van der Waals surface area (Å²) in [6.07, 6.45) is 10.7. The summed E-state index contributed by atoms with van der Waals surface area (Å²) in [5, 5.41) is 24.7. The van der Waals surface area contributed by atoms with Crippen LogP contribution in [-0.4, -0.2) is 80.1 Å². The fraction of sp³-hybridized carbons (Fsp3) is 0.400. The van der Waals surface area contributed by atoms with Gasteiger partial charge in [-0.15, -0.1) is 5.10 Å². The van der Waals surface area contributed by atoms with Gasteiger partial charge in [-0.2, -0.15) is 5.10 Å². The molecule has 6 rings (SSSR count). The Bertz CT molecular complexity index is 1460. The number of hydrogen-bond donors (Lipinski definition) is 0. The van der Waals surface area contributed by atoms with E-state index in [0.29, 0.717) is 11.6 Å². The Hall–Kier alpha value is -2.72. The number of carbonyl (C=O) groups is 1. The Morgan fingerprint density at radius 1 is 1.05 bits per heavy atom. The van der Waals surface area contributed by atoms with Crippen LogP contribution in [0.3, 0.4) is 0 Å². The molecule has 0 radical (unpaired) electrons. The summed E-state index contributed by atoms with van der Waals surface area (Å²) in [6.45, 7) is 2.18. The number of carboxylic acid groups (broad SMARTS) is 1. The van der Waals surface area contributed by atoms with Crippen LogP contribution in [0, 0.1) is 5.92 Å². The molecule has 4 aromatic rings. The Kier molecular flexibility index (Phi) is 9.72. The molecule has 10 heteroatoms. The van der Waals surface area contributed by atoms with E-state index in [4.69, 9.17) is 4.74 Å². The molecule has 2 saturated carbocycles. The third-order valence-electron chi connectivity index (χ3n) is 8.06. The fourth-order valence-corrected chi connectivity index (χ4v) is 5.92. The van der Waals surface area contributed by atoms with Crippen molar-refractivity contribution in [1.82, 2.24) is 24.8 Å². The largest absolute Gasteiger partial charge is 2.00 e. The van der Waals surface area contributed by atoms with Crippen LogP contribution in [0.25, 0.3) is 16.8 Å². The van der Waals surface area contributed by atoms with E-state index in [0.717, 1.165) is 34.7 Å². The molecule has 0 amide bonds. The SMILES string of the molecule is CC(Oc1cccc(-c2cccc(-n3ncc(C(=O)[O-])c3[C@@H]3C[C@H]3c3cn(C)nn3)c2)c1)C1CCCCC1.[Ca+2].[OH-]. The molecule has 0 saturated heterocycles. The molecule has 0 bridgehead atoms. The van der Waals surface area contributed by atoms with E-state index in [-0.39, 0.29) is 66.7 Å². The van der Waals surface area contributed by atoms with Gasteiger partial charge in [0.1, 0.15) is 5.75 Å². The molecule has 2 aromatic carbocycles. The predicted molar refractivity (Wildman–Crippen MR) is 149 cm³/mol. The zero-order chi connectivity index (χ0) is 26.2. The van der Waals surface area contributed by atoms with Crippen molar-refractivity contribution in [1.29, 1.82) is 0 Å². The van der Waals surface area contributed by atoms with Gasteiger partial charge < -0.3 is 20.1 Å². The fourth-order valence-electron chi connectivity index (χ4n) is 5.92. The van der Waals surface area contributed by atoms with Gasteiger partial charge in [0.2, 0.25) is 0 Å². The van der Waals surface area contributed by atoms with Gasteiger partial charge in [-0.25, -0.2) is 4.68 Å². The molecule has 2 aromatic heterocycles. The maximum Gasteiger partial charge on any atom is 2.00 e. The minimum absolute atomic E-state index is 0. The number of rotatable bonds is 8. The molecule has 0 aliphatic heterocycles. The predicted octanol–water partition coefficient (Wildman–Crippen LogP) is 4.09. The number of carbonyl (C=O) groups excluding carboxylic acids is 1. The topological polar surface area (TPSA) is 128 Å². The van der Waals surface area contributed by atoms with Crippen LogP contribution in [0.4, 0.5) is 0 Å². The van der Waals surface area contributed by atoms with Crippen molar-refractivity contribution in [2.45, 2.75) is 63.4 Å². The first-order valence-corrected chi connectivity index (χ1v) is 13.5. The van der Waals surface area contributed by atoms with Crippen LogP contribution in [0.15, 0.2) is 60.9 Å². The van der Waals surface area contributed by atoms with E-state index >= 15 is 0 Å². The average molecular weight is 568 g/mol. The Morgan fingerprint density at radius 2 is 1.77 bits per heavy atom. The van der Waals surface area contributed by atoms with Gasteiger partial charge in [0.25, 0.3) is 0 Å². The second kappa shape index (κ2) is 12.8. The van der Waals surface area contributed by atoms with Crippen LogP contribution in [0.1, 0.15) is 79.0 Å². The van der Waals surface area contributed by atoms with Crippen LogP contribution in [0.2, 0.25) is 0 Å². The van der Waals surface area contributed by atoms with E-state index in [9.17, 15) is 9.90 Å². The monoisotopic (exact) mass is 567 g/mol. The molecule has 1 N–H and O–H groups in total. The van der Waals surface area contributed by atoms with Crippen LogP contribution in [0.5, 0.6) is 5.75 Å². The molecule has 2 aliphatic rings. The smallest absolute Gasteiger partial charge is 0.870 e. The summed E-state index contributed by atoms with van der Waals surface area (Å²) in [4.78, 5) is 12.0. The van der Waals surface area contributed by atoms with Crippen molar-refractivity contribution >= 4 is 43.7 Å². The Labute approximate surface area is 263 Å². The number of nitrogens with zero attached hydrogens (tertiary/aromatic N) is 5. The number of aryl methyl sites for hydroxylation is 1. The Balaban J connectivity index is 0.00000185. The molecule has 3 atom stereocenters. The number of hydrogen-bond acceptors (Lipinski definition) is 7. The van der Waals surface area contributed by atoms with E-state index in [2.05, 4.69) is 40.5 Å². The van der Waals surface area contributed by atoms with Crippen molar-refractivity contribution in [3.63, 3.8) is 0 Å². The minimum atomic E-state index is -1.22. The minimum Gasteiger partial charge on any atom is -0.870 e. The van der Waals surface area contributed by atoms with E-state index in [1.165, 1.54) is 38.3 Å². The van der Waals surface area contributed by atoms with Crippen LogP contribution < -0.4 is 9.84 Å². The van der Waals surface area contributed by atoms with Gasteiger partial charge in [0, 0.05) is 30.6 Å². The summed E-state index contributed by atoms with van der Waals surface area (Å²) in [5.74, 6) is 0.364. The molecule has 9 nitrogen and oxygen atoms in total. The second-order valence-electron chi connectivity index (χ2n) is 10.7. The summed E-state index contributed by atoms with van der Waals surface area (Å²) in [7, 11) is 1.83. The van der Waals surface area contributed by atoms with Crippen molar-refractivity contribution in [2.24, 2.45) is 13.0 Å². The summed E-state index contributed by atoms with van der Waals surface area (Å²) in [5.41, 5.74) is 4.49. The van der Waals surface area contributed by atoms with Crippen molar-refractivity contribution in [3.05, 3.63) is 77.9 Å². The maximum absolute atomic E-state index is 12.0. The van der Waals surface area contributed by atoms with Crippen molar-refractivity contribution < 1.29 is 20.1 Å². The van der Waals surface area contributed by atoms with E-state index in [1.54, 1.807) is 9.36 Å². The molecule has 2 aliphatic carbocycles. The number of aromatic carboxylic acids is 1. The molecule has 0 spiro atoms.